The molecule has 1 amide bonds. The third-order valence-electron chi connectivity index (χ3n) is 3.17. The van der Waals surface area contributed by atoms with Crippen molar-refractivity contribution >= 4 is 33.2 Å². The van der Waals surface area contributed by atoms with Crippen molar-refractivity contribution in [2.24, 2.45) is 0 Å². The fraction of sp³-hybridized carbons (Fsp3) is 0.188. The van der Waals surface area contributed by atoms with E-state index in [1.807, 2.05) is 32.2 Å². The summed E-state index contributed by atoms with van der Waals surface area (Å²) in [6.07, 6.45) is 0. The molecule has 21 heavy (non-hydrogen) atoms. The van der Waals surface area contributed by atoms with Crippen LogP contribution < -0.4 is 15.4 Å². The topological polar surface area (TPSA) is 50.4 Å². The van der Waals surface area contributed by atoms with Gasteiger partial charge in [-0.3, -0.25) is 4.79 Å². The van der Waals surface area contributed by atoms with Crippen molar-refractivity contribution in [3.8, 4) is 5.75 Å². The number of methoxy groups -OCH3 is 1. The second-order valence-electron chi connectivity index (χ2n) is 4.58. The maximum atomic E-state index is 12.3. The first-order valence-corrected chi connectivity index (χ1v) is 7.27. The maximum Gasteiger partial charge on any atom is 0.255 e. The molecule has 0 aliphatic carbocycles. The highest BCUT2D eigenvalue weighted by Gasteiger charge is 2.09. The molecule has 0 spiro atoms. The van der Waals surface area contributed by atoms with E-state index in [-0.39, 0.29) is 5.91 Å². The van der Waals surface area contributed by atoms with Crippen LogP contribution in [0.4, 0.5) is 11.4 Å². The first-order chi connectivity index (χ1) is 10.0. The lowest BCUT2D eigenvalue weighted by Crippen LogP contribution is -2.12. The summed E-state index contributed by atoms with van der Waals surface area (Å²) >= 11 is 3.40. The normalized spacial score (nSPS) is 10.1. The summed E-state index contributed by atoms with van der Waals surface area (Å²) in [4.78, 5) is 12.3. The predicted octanol–water partition coefficient (Wildman–Crippen LogP) is 4.06. The molecule has 5 heteroatoms. The van der Waals surface area contributed by atoms with Gasteiger partial charge in [-0.1, -0.05) is 0 Å². The Morgan fingerprint density at radius 1 is 1.19 bits per heavy atom. The van der Waals surface area contributed by atoms with Crippen LogP contribution in [0.2, 0.25) is 0 Å². The Morgan fingerprint density at radius 2 is 1.95 bits per heavy atom. The van der Waals surface area contributed by atoms with E-state index in [9.17, 15) is 4.79 Å². The molecule has 4 nitrogen and oxygen atoms in total. The van der Waals surface area contributed by atoms with Crippen LogP contribution in [0.15, 0.2) is 40.9 Å². The number of ether oxygens (including phenoxy) is 1. The van der Waals surface area contributed by atoms with Gasteiger partial charge in [-0.15, -0.1) is 0 Å². The highest BCUT2D eigenvalue weighted by molar-refractivity contribution is 9.10. The zero-order valence-corrected chi connectivity index (χ0v) is 13.7. The van der Waals surface area contributed by atoms with Gasteiger partial charge >= 0.3 is 0 Å². The second-order valence-corrected chi connectivity index (χ2v) is 5.44. The molecular weight excluding hydrogens is 332 g/mol. The molecule has 0 aromatic heterocycles. The molecule has 0 unspecified atom stereocenters. The summed E-state index contributed by atoms with van der Waals surface area (Å²) in [6.45, 7) is 1.96. The number of carbonyl (C=O) groups excluding carboxylic acids is 1. The highest BCUT2D eigenvalue weighted by atomic mass is 79.9. The third kappa shape index (κ3) is 3.55. The van der Waals surface area contributed by atoms with Gasteiger partial charge in [0.25, 0.3) is 5.91 Å². The quantitative estimate of drug-likeness (QED) is 0.875. The predicted molar refractivity (Wildman–Crippen MR) is 89.4 cm³/mol. The Hall–Kier alpha value is -2.01. The monoisotopic (exact) mass is 348 g/mol. The first kappa shape index (κ1) is 15.4. The van der Waals surface area contributed by atoms with Crippen LogP contribution in [0.25, 0.3) is 0 Å². The number of carbonyl (C=O) groups is 1. The Balaban J connectivity index is 2.18. The van der Waals surface area contributed by atoms with Gasteiger partial charge in [-0.05, 0) is 64.8 Å². The standard InChI is InChI=1S/C16H17BrN2O2/c1-10-8-11(4-6-14(10)18-2)16(20)19-12-5-7-15(21-3)13(17)9-12/h4-9,18H,1-3H3,(H,19,20). The lowest BCUT2D eigenvalue weighted by Gasteiger charge is -2.10. The fourth-order valence-electron chi connectivity index (χ4n) is 2.03. The minimum atomic E-state index is -0.141. The average molecular weight is 349 g/mol. The number of halogens is 1. The summed E-state index contributed by atoms with van der Waals surface area (Å²) in [5.74, 6) is 0.583. The Bertz CT molecular complexity index is 671. The molecule has 0 aliphatic heterocycles. The van der Waals surface area contributed by atoms with Crippen molar-refractivity contribution < 1.29 is 9.53 Å². The van der Waals surface area contributed by atoms with Crippen LogP contribution in [0.5, 0.6) is 5.75 Å². The van der Waals surface area contributed by atoms with E-state index < -0.39 is 0 Å². The molecule has 0 heterocycles. The number of hydrogen-bond acceptors (Lipinski definition) is 3. The smallest absolute Gasteiger partial charge is 0.255 e. The molecule has 0 fully saturated rings. The van der Waals surface area contributed by atoms with Crippen molar-refractivity contribution in [2.75, 3.05) is 24.8 Å². The molecular formula is C16H17BrN2O2. The van der Waals surface area contributed by atoms with Crippen LogP contribution in [-0.2, 0) is 0 Å². The summed E-state index contributed by atoms with van der Waals surface area (Å²) in [7, 11) is 3.46. The van der Waals surface area contributed by atoms with E-state index in [0.717, 1.165) is 21.5 Å². The SMILES string of the molecule is CNc1ccc(C(=O)Nc2ccc(OC)c(Br)c2)cc1C. The van der Waals surface area contributed by atoms with E-state index in [4.69, 9.17) is 4.74 Å². The molecule has 2 N–H and O–H groups in total. The van der Waals surface area contributed by atoms with Crippen molar-refractivity contribution in [2.45, 2.75) is 6.92 Å². The van der Waals surface area contributed by atoms with E-state index >= 15 is 0 Å². The van der Waals surface area contributed by atoms with Gasteiger partial charge in [0.05, 0.1) is 11.6 Å². The van der Waals surface area contributed by atoms with Gasteiger partial charge in [0.15, 0.2) is 0 Å². The molecule has 2 aromatic rings. The van der Waals surface area contributed by atoms with Crippen LogP contribution in [0.1, 0.15) is 15.9 Å². The molecule has 2 rings (SSSR count). The van der Waals surface area contributed by atoms with Crippen molar-refractivity contribution in [1.29, 1.82) is 0 Å². The molecule has 0 atom stereocenters. The lowest BCUT2D eigenvalue weighted by atomic mass is 10.1. The van der Waals surface area contributed by atoms with Crippen molar-refractivity contribution in [1.82, 2.24) is 0 Å². The minimum absolute atomic E-state index is 0.141. The van der Waals surface area contributed by atoms with E-state index in [1.165, 1.54) is 0 Å². The molecule has 0 bridgehead atoms. The second kappa shape index (κ2) is 6.63. The zero-order chi connectivity index (χ0) is 15.4. The molecule has 0 saturated heterocycles. The summed E-state index contributed by atoms with van der Waals surface area (Å²) in [5.41, 5.74) is 3.38. The molecule has 110 valence electrons. The number of anilines is 2. The number of hydrogen-bond donors (Lipinski definition) is 2. The van der Waals surface area contributed by atoms with Crippen LogP contribution in [-0.4, -0.2) is 20.1 Å². The number of benzene rings is 2. The Labute approximate surface area is 132 Å². The van der Waals surface area contributed by atoms with Gasteiger partial charge in [0.1, 0.15) is 5.75 Å². The van der Waals surface area contributed by atoms with Gasteiger partial charge in [0.2, 0.25) is 0 Å². The largest absolute Gasteiger partial charge is 0.496 e. The molecule has 0 aliphatic rings. The van der Waals surface area contributed by atoms with Gasteiger partial charge in [0, 0.05) is 24.0 Å². The summed E-state index contributed by atoms with van der Waals surface area (Å²) in [5, 5.41) is 5.95. The van der Waals surface area contributed by atoms with Gasteiger partial charge in [-0.2, -0.15) is 0 Å². The third-order valence-corrected chi connectivity index (χ3v) is 3.79. The minimum Gasteiger partial charge on any atom is -0.496 e. The highest BCUT2D eigenvalue weighted by Crippen LogP contribution is 2.28. The van der Waals surface area contributed by atoms with Crippen LogP contribution >= 0.6 is 15.9 Å². The lowest BCUT2D eigenvalue weighted by molar-refractivity contribution is 0.102. The molecule has 0 radical (unpaired) electrons. The summed E-state index contributed by atoms with van der Waals surface area (Å²) in [6, 6.07) is 11.0. The van der Waals surface area contributed by atoms with Crippen LogP contribution in [0.3, 0.4) is 0 Å². The first-order valence-electron chi connectivity index (χ1n) is 6.48. The van der Waals surface area contributed by atoms with E-state index in [0.29, 0.717) is 11.3 Å². The van der Waals surface area contributed by atoms with E-state index in [2.05, 4.69) is 26.6 Å². The van der Waals surface area contributed by atoms with E-state index in [1.54, 1.807) is 25.3 Å². The van der Waals surface area contributed by atoms with Gasteiger partial charge < -0.3 is 15.4 Å². The Morgan fingerprint density at radius 3 is 2.52 bits per heavy atom. The fourth-order valence-corrected chi connectivity index (χ4v) is 2.57. The number of rotatable bonds is 4. The number of aryl methyl sites for hydroxylation is 1. The molecule has 0 saturated carbocycles. The van der Waals surface area contributed by atoms with Gasteiger partial charge in [-0.25, -0.2) is 0 Å². The van der Waals surface area contributed by atoms with Crippen LogP contribution in [0, 0.1) is 6.92 Å². The molecule has 2 aromatic carbocycles. The zero-order valence-electron chi connectivity index (χ0n) is 12.2. The Kier molecular flexibility index (Phi) is 4.85. The summed E-state index contributed by atoms with van der Waals surface area (Å²) < 4.78 is 5.96. The maximum absolute atomic E-state index is 12.3. The van der Waals surface area contributed by atoms with Crippen molar-refractivity contribution in [3.05, 3.63) is 52.0 Å². The number of nitrogens with one attached hydrogen (secondary N) is 2. The van der Waals surface area contributed by atoms with Crippen molar-refractivity contribution in [3.63, 3.8) is 0 Å². The average Bonchev–Trinajstić information content (AvgIpc) is 2.47. The number of amides is 1.